The number of aliphatic hydroxyl groups is 1. The summed E-state index contributed by atoms with van der Waals surface area (Å²) in [6.45, 7) is 3.17. The van der Waals surface area contributed by atoms with E-state index in [0.717, 1.165) is 40.6 Å². The number of hydrogen-bond donors (Lipinski definition) is 1. The standard InChI is InChI=1S/C23H27NO2/c1-2-3-4-12-23(25)20-10-7-8-18(15-20)16-26-17-21-14-13-19-9-5-6-11-22(19)24-21/h5-11,13-15,23,25H,2-4,12,16-17H2,1H3. The monoisotopic (exact) mass is 349 g/mol. The van der Waals surface area contributed by atoms with Crippen LogP contribution in [0, 0.1) is 0 Å². The van der Waals surface area contributed by atoms with Crippen LogP contribution in [0.5, 0.6) is 0 Å². The first kappa shape index (κ1) is 18.6. The van der Waals surface area contributed by atoms with Crippen molar-refractivity contribution < 1.29 is 9.84 Å². The smallest absolute Gasteiger partial charge is 0.0892 e. The number of hydrogen-bond acceptors (Lipinski definition) is 3. The first-order chi connectivity index (χ1) is 12.8. The molecule has 2 aromatic carbocycles. The Morgan fingerprint density at radius 3 is 2.73 bits per heavy atom. The summed E-state index contributed by atoms with van der Waals surface area (Å²) in [4.78, 5) is 4.63. The summed E-state index contributed by atoms with van der Waals surface area (Å²) in [7, 11) is 0. The lowest BCUT2D eigenvalue weighted by molar-refractivity contribution is 0.104. The number of ether oxygens (including phenoxy) is 1. The molecule has 0 amide bonds. The molecule has 0 aliphatic heterocycles. The fraction of sp³-hybridized carbons (Fsp3) is 0.348. The van der Waals surface area contributed by atoms with E-state index in [1.165, 1.54) is 12.8 Å². The minimum absolute atomic E-state index is 0.386. The summed E-state index contributed by atoms with van der Waals surface area (Å²) in [5.41, 5.74) is 3.98. The van der Waals surface area contributed by atoms with Crippen molar-refractivity contribution in [1.29, 1.82) is 0 Å². The molecule has 0 saturated heterocycles. The van der Waals surface area contributed by atoms with Crippen LogP contribution in [0.3, 0.4) is 0 Å². The normalized spacial score (nSPS) is 12.4. The maximum absolute atomic E-state index is 10.3. The van der Waals surface area contributed by atoms with Crippen molar-refractivity contribution >= 4 is 10.9 Å². The van der Waals surface area contributed by atoms with E-state index in [1.807, 2.05) is 48.5 Å². The van der Waals surface area contributed by atoms with Crippen molar-refractivity contribution in [3.05, 3.63) is 77.5 Å². The van der Waals surface area contributed by atoms with Crippen LogP contribution in [0.4, 0.5) is 0 Å². The van der Waals surface area contributed by atoms with E-state index in [0.29, 0.717) is 13.2 Å². The number of para-hydroxylation sites is 1. The molecule has 1 unspecified atom stereocenters. The molecule has 1 heterocycles. The Morgan fingerprint density at radius 2 is 1.85 bits per heavy atom. The predicted molar refractivity (Wildman–Crippen MR) is 106 cm³/mol. The van der Waals surface area contributed by atoms with Gasteiger partial charge < -0.3 is 9.84 Å². The molecule has 1 atom stereocenters. The van der Waals surface area contributed by atoms with Gasteiger partial charge >= 0.3 is 0 Å². The van der Waals surface area contributed by atoms with Gasteiger partial charge in [-0.05, 0) is 29.7 Å². The summed E-state index contributed by atoms with van der Waals surface area (Å²) in [6.07, 6.45) is 3.83. The molecule has 0 aliphatic carbocycles. The lowest BCUT2D eigenvalue weighted by Crippen LogP contribution is -2.00. The van der Waals surface area contributed by atoms with Gasteiger partial charge in [0.05, 0.1) is 30.5 Å². The molecule has 0 bridgehead atoms. The van der Waals surface area contributed by atoms with E-state index in [4.69, 9.17) is 4.74 Å². The molecule has 0 fully saturated rings. The lowest BCUT2D eigenvalue weighted by Gasteiger charge is -2.12. The summed E-state index contributed by atoms with van der Waals surface area (Å²) < 4.78 is 5.84. The topological polar surface area (TPSA) is 42.4 Å². The number of aromatic nitrogens is 1. The third-order valence-electron chi connectivity index (χ3n) is 4.59. The van der Waals surface area contributed by atoms with E-state index in [1.54, 1.807) is 0 Å². The van der Waals surface area contributed by atoms with Crippen LogP contribution in [-0.2, 0) is 18.0 Å². The van der Waals surface area contributed by atoms with Gasteiger partial charge in [0.1, 0.15) is 0 Å². The minimum atomic E-state index is -0.386. The highest BCUT2D eigenvalue weighted by Crippen LogP contribution is 2.21. The molecule has 0 radical (unpaired) electrons. The Hall–Kier alpha value is -2.23. The zero-order valence-corrected chi connectivity index (χ0v) is 15.4. The van der Waals surface area contributed by atoms with Crippen LogP contribution >= 0.6 is 0 Å². The maximum atomic E-state index is 10.3. The largest absolute Gasteiger partial charge is 0.388 e. The fourth-order valence-corrected chi connectivity index (χ4v) is 3.11. The Morgan fingerprint density at radius 1 is 0.962 bits per heavy atom. The van der Waals surface area contributed by atoms with Gasteiger partial charge in [-0.3, -0.25) is 4.98 Å². The highest BCUT2D eigenvalue weighted by Gasteiger charge is 2.08. The molecule has 0 spiro atoms. The van der Waals surface area contributed by atoms with Gasteiger partial charge in [0.25, 0.3) is 0 Å². The second-order valence-electron chi connectivity index (χ2n) is 6.74. The quantitative estimate of drug-likeness (QED) is 0.514. The van der Waals surface area contributed by atoms with Crippen LogP contribution in [0.2, 0.25) is 0 Å². The van der Waals surface area contributed by atoms with E-state index >= 15 is 0 Å². The minimum Gasteiger partial charge on any atom is -0.388 e. The summed E-state index contributed by atoms with van der Waals surface area (Å²) >= 11 is 0. The van der Waals surface area contributed by atoms with Gasteiger partial charge in [-0.2, -0.15) is 0 Å². The van der Waals surface area contributed by atoms with Gasteiger partial charge in [-0.1, -0.05) is 74.7 Å². The summed E-state index contributed by atoms with van der Waals surface area (Å²) in [5, 5.41) is 11.5. The number of fused-ring (bicyclic) bond motifs is 1. The number of nitrogens with zero attached hydrogens (tertiary/aromatic N) is 1. The fourth-order valence-electron chi connectivity index (χ4n) is 3.11. The van der Waals surface area contributed by atoms with Crippen LogP contribution in [0.15, 0.2) is 60.7 Å². The molecule has 3 heteroatoms. The molecule has 0 aliphatic rings. The average molecular weight is 349 g/mol. The molecular formula is C23H27NO2. The first-order valence-electron chi connectivity index (χ1n) is 9.45. The van der Waals surface area contributed by atoms with E-state index in [2.05, 4.69) is 24.0 Å². The Labute approximate surface area is 155 Å². The summed E-state index contributed by atoms with van der Waals surface area (Å²) in [5.74, 6) is 0. The average Bonchev–Trinajstić information content (AvgIpc) is 2.68. The molecule has 3 aromatic rings. The second kappa shape index (κ2) is 9.46. The molecule has 3 nitrogen and oxygen atoms in total. The summed E-state index contributed by atoms with van der Waals surface area (Å²) in [6, 6.07) is 20.2. The molecule has 0 saturated carbocycles. The van der Waals surface area contributed by atoms with Crippen molar-refractivity contribution in [3.8, 4) is 0 Å². The van der Waals surface area contributed by atoms with Crippen LogP contribution in [-0.4, -0.2) is 10.1 Å². The Bertz CT molecular complexity index is 831. The second-order valence-corrected chi connectivity index (χ2v) is 6.74. The molecule has 26 heavy (non-hydrogen) atoms. The highest BCUT2D eigenvalue weighted by molar-refractivity contribution is 5.78. The molecule has 1 N–H and O–H groups in total. The van der Waals surface area contributed by atoms with Gasteiger partial charge in [0, 0.05) is 5.39 Å². The Balaban J connectivity index is 1.54. The molecular weight excluding hydrogens is 322 g/mol. The van der Waals surface area contributed by atoms with Gasteiger partial charge in [0.15, 0.2) is 0 Å². The van der Waals surface area contributed by atoms with Crippen LogP contribution in [0.1, 0.15) is 55.5 Å². The van der Waals surface area contributed by atoms with Gasteiger partial charge in [-0.25, -0.2) is 0 Å². The third-order valence-corrected chi connectivity index (χ3v) is 4.59. The molecule has 3 rings (SSSR count). The number of rotatable bonds is 9. The lowest BCUT2D eigenvalue weighted by atomic mass is 10.0. The van der Waals surface area contributed by atoms with E-state index in [9.17, 15) is 5.11 Å². The van der Waals surface area contributed by atoms with E-state index < -0.39 is 0 Å². The maximum Gasteiger partial charge on any atom is 0.0892 e. The zero-order valence-electron chi connectivity index (χ0n) is 15.4. The SMILES string of the molecule is CCCCCC(O)c1cccc(COCc2ccc3ccccc3n2)c1. The number of aliphatic hydroxyl groups excluding tert-OH is 1. The van der Waals surface area contributed by atoms with Crippen molar-refractivity contribution in [3.63, 3.8) is 0 Å². The first-order valence-corrected chi connectivity index (χ1v) is 9.45. The molecule has 136 valence electrons. The number of benzene rings is 2. The third kappa shape index (κ3) is 5.13. The predicted octanol–water partition coefficient (Wildman–Crippen LogP) is 5.57. The highest BCUT2D eigenvalue weighted by atomic mass is 16.5. The van der Waals surface area contributed by atoms with Gasteiger partial charge in [-0.15, -0.1) is 0 Å². The van der Waals surface area contributed by atoms with Crippen molar-refractivity contribution in [2.24, 2.45) is 0 Å². The van der Waals surface area contributed by atoms with Crippen LogP contribution in [0.25, 0.3) is 10.9 Å². The van der Waals surface area contributed by atoms with Crippen molar-refractivity contribution in [2.75, 3.05) is 0 Å². The van der Waals surface area contributed by atoms with Crippen molar-refractivity contribution in [2.45, 2.75) is 51.9 Å². The Kier molecular flexibility index (Phi) is 6.75. The van der Waals surface area contributed by atoms with Crippen LogP contribution < -0.4 is 0 Å². The van der Waals surface area contributed by atoms with Crippen molar-refractivity contribution in [1.82, 2.24) is 4.98 Å². The number of pyridine rings is 1. The zero-order chi connectivity index (χ0) is 18.2. The van der Waals surface area contributed by atoms with Gasteiger partial charge in [0.2, 0.25) is 0 Å². The number of unbranched alkanes of at least 4 members (excludes halogenated alkanes) is 2. The molecule has 1 aromatic heterocycles. The van der Waals surface area contributed by atoms with E-state index in [-0.39, 0.29) is 6.10 Å².